The molecule has 0 spiro atoms. The number of benzene rings is 2. The van der Waals surface area contributed by atoms with Crippen molar-refractivity contribution < 1.29 is 19.1 Å². The van der Waals surface area contributed by atoms with E-state index in [1.165, 1.54) is 12.2 Å². The second-order valence-electron chi connectivity index (χ2n) is 6.50. The van der Waals surface area contributed by atoms with Gasteiger partial charge in [0.05, 0.1) is 19.6 Å². The fourth-order valence-corrected chi connectivity index (χ4v) is 2.48. The summed E-state index contributed by atoms with van der Waals surface area (Å²) >= 11 is 0. The number of methoxy groups -OCH3 is 2. The van der Waals surface area contributed by atoms with Gasteiger partial charge in [0.2, 0.25) is 0 Å². The van der Waals surface area contributed by atoms with Gasteiger partial charge >= 0.3 is 0 Å². The van der Waals surface area contributed by atoms with Crippen molar-refractivity contribution in [1.29, 1.82) is 0 Å². The van der Waals surface area contributed by atoms with Crippen LogP contribution in [0.5, 0.6) is 11.5 Å². The van der Waals surface area contributed by atoms with Gasteiger partial charge in [0.25, 0.3) is 0 Å². The Balaban J connectivity index is 2.16. The van der Waals surface area contributed by atoms with Crippen LogP contribution in [0.3, 0.4) is 0 Å². The SMILES string of the molecule is COc1ccccc1/C=C/C(=O)C(C)(C)C(=O)/C=C/c1ccccc1OC. The van der Waals surface area contributed by atoms with Gasteiger partial charge in [0.15, 0.2) is 11.6 Å². The van der Waals surface area contributed by atoms with Gasteiger partial charge in [0.1, 0.15) is 11.5 Å². The fraction of sp³-hybridized carbons (Fsp3) is 0.217. The van der Waals surface area contributed by atoms with E-state index in [2.05, 4.69) is 0 Å². The normalized spacial score (nSPS) is 11.7. The molecular weight excluding hydrogens is 340 g/mol. The zero-order valence-corrected chi connectivity index (χ0v) is 16.1. The molecule has 0 unspecified atom stereocenters. The number of ether oxygens (including phenoxy) is 2. The highest BCUT2D eigenvalue weighted by atomic mass is 16.5. The Kier molecular flexibility index (Phi) is 6.72. The van der Waals surface area contributed by atoms with Crippen LogP contribution in [0.4, 0.5) is 0 Å². The van der Waals surface area contributed by atoms with Crippen LogP contribution in [-0.4, -0.2) is 25.8 Å². The number of hydrogen-bond acceptors (Lipinski definition) is 4. The highest BCUT2D eigenvalue weighted by Crippen LogP contribution is 2.24. The lowest BCUT2D eigenvalue weighted by Gasteiger charge is -2.17. The van der Waals surface area contributed by atoms with E-state index in [-0.39, 0.29) is 11.6 Å². The average Bonchev–Trinajstić information content (AvgIpc) is 2.70. The van der Waals surface area contributed by atoms with Crippen LogP contribution in [0.2, 0.25) is 0 Å². The Morgan fingerprint density at radius 1 is 0.741 bits per heavy atom. The molecule has 0 aliphatic heterocycles. The maximum Gasteiger partial charge on any atom is 0.169 e. The van der Waals surface area contributed by atoms with Gasteiger partial charge in [-0.05, 0) is 50.3 Å². The molecule has 0 N–H and O–H groups in total. The monoisotopic (exact) mass is 364 g/mol. The van der Waals surface area contributed by atoms with Crippen molar-refractivity contribution >= 4 is 23.7 Å². The maximum atomic E-state index is 12.6. The van der Waals surface area contributed by atoms with Crippen LogP contribution in [0.25, 0.3) is 12.2 Å². The number of hydrogen-bond donors (Lipinski definition) is 0. The number of allylic oxidation sites excluding steroid dienone is 2. The van der Waals surface area contributed by atoms with Gasteiger partial charge in [0, 0.05) is 11.1 Å². The average molecular weight is 364 g/mol. The molecule has 0 aliphatic rings. The van der Waals surface area contributed by atoms with Crippen molar-refractivity contribution in [3.05, 3.63) is 71.8 Å². The predicted molar refractivity (Wildman–Crippen MR) is 108 cm³/mol. The lowest BCUT2D eigenvalue weighted by atomic mass is 9.82. The summed E-state index contributed by atoms with van der Waals surface area (Å²) in [5, 5.41) is 0. The third-order valence-electron chi connectivity index (χ3n) is 4.34. The smallest absolute Gasteiger partial charge is 0.169 e. The molecule has 140 valence electrons. The van der Waals surface area contributed by atoms with Gasteiger partial charge in [-0.25, -0.2) is 0 Å². The molecular formula is C23H24O4. The molecule has 0 atom stereocenters. The first-order chi connectivity index (χ1) is 12.9. The molecule has 0 saturated heterocycles. The summed E-state index contributed by atoms with van der Waals surface area (Å²) < 4.78 is 10.5. The number of ketones is 2. The summed E-state index contributed by atoms with van der Waals surface area (Å²) in [5.74, 6) is 0.787. The Hall–Kier alpha value is -3.14. The minimum atomic E-state index is -1.17. The first-order valence-corrected chi connectivity index (χ1v) is 8.61. The van der Waals surface area contributed by atoms with E-state index >= 15 is 0 Å². The van der Waals surface area contributed by atoms with E-state index < -0.39 is 5.41 Å². The van der Waals surface area contributed by atoms with Gasteiger partial charge in [-0.15, -0.1) is 0 Å². The lowest BCUT2D eigenvalue weighted by molar-refractivity contribution is -0.132. The van der Waals surface area contributed by atoms with Gasteiger partial charge in [-0.3, -0.25) is 9.59 Å². The van der Waals surface area contributed by atoms with Gasteiger partial charge in [-0.1, -0.05) is 36.4 Å². The third-order valence-corrected chi connectivity index (χ3v) is 4.34. The Bertz CT molecular complexity index is 804. The number of para-hydroxylation sites is 2. The molecule has 0 aromatic heterocycles. The molecule has 2 aromatic rings. The maximum absolute atomic E-state index is 12.6. The van der Waals surface area contributed by atoms with Crippen molar-refractivity contribution in [2.24, 2.45) is 5.41 Å². The molecule has 0 heterocycles. The summed E-state index contributed by atoms with van der Waals surface area (Å²) in [7, 11) is 3.15. The van der Waals surface area contributed by atoms with Crippen LogP contribution < -0.4 is 9.47 Å². The lowest BCUT2D eigenvalue weighted by Crippen LogP contribution is -2.30. The van der Waals surface area contributed by atoms with E-state index in [0.29, 0.717) is 11.5 Å². The summed E-state index contributed by atoms with van der Waals surface area (Å²) in [5.41, 5.74) is 0.388. The van der Waals surface area contributed by atoms with Crippen LogP contribution in [0, 0.1) is 5.41 Å². The molecule has 27 heavy (non-hydrogen) atoms. The first kappa shape index (κ1) is 20.2. The molecule has 0 amide bonds. The van der Waals surface area contributed by atoms with Crippen molar-refractivity contribution in [3.63, 3.8) is 0 Å². The van der Waals surface area contributed by atoms with Gasteiger partial charge in [-0.2, -0.15) is 0 Å². The minimum Gasteiger partial charge on any atom is -0.496 e. The first-order valence-electron chi connectivity index (χ1n) is 8.61. The quantitative estimate of drug-likeness (QED) is 0.508. The molecule has 0 bridgehead atoms. The van der Waals surface area contributed by atoms with Crippen molar-refractivity contribution in [2.45, 2.75) is 13.8 Å². The fourth-order valence-electron chi connectivity index (χ4n) is 2.48. The van der Waals surface area contributed by atoms with E-state index in [1.54, 1.807) is 40.2 Å². The molecule has 0 radical (unpaired) electrons. The summed E-state index contributed by atoms with van der Waals surface area (Å²) in [4.78, 5) is 25.2. The number of carbonyl (C=O) groups is 2. The van der Waals surface area contributed by atoms with E-state index in [9.17, 15) is 9.59 Å². The zero-order chi connectivity index (χ0) is 19.9. The highest BCUT2D eigenvalue weighted by Gasteiger charge is 2.32. The zero-order valence-electron chi connectivity index (χ0n) is 16.1. The number of rotatable bonds is 8. The molecule has 2 rings (SSSR count). The molecule has 4 nitrogen and oxygen atoms in total. The number of carbonyl (C=O) groups excluding carboxylic acids is 2. The van der Waals surface area contributed by atoms with Crippen molar-refractivity contribution in [2.75, 3.05) is 14.2 Å². The van der Waals surface area contributed by atoms with E-state index in [4.69, 9.17) is 9.47 Å². The van der Waals surface area contributed by atoms with Crippen LogP contribution in [0.15, 0.2) is 60.7 Å². The largest absolute Gasteiger partial charge is 0.496 e. The highest BCUT2D eigenvalue weighted by molar-refractivity contribution is 6.16. The summed E-state index contributed by atoms with van der Waals surface area (Å²) in [6.45, 7) is 3.24. The predicted octanol–water partition coefficient (Wildman–Crippen LogP) is 4.59. The van der Waals surface area contributed by atoms with Crippen molar-refractivity contribution in [1.82, 2.24) is 0 Å². The van der Waals surface area contributed by atoms with Crippen LogP contribution in [-0.2, 0) is 9.59 Å². The standard InChI is InChI=1S/C23H24O4/c1-23(2,21(24)15-13-17-9-5-7-11-19(17)26-3)22(25)16-14-18-10-6-8-12-20(18)27-4/h5-16H,1-4H3/b15-13+,16-14+. The molecule has 0 saturated carbocycles. The Labute approximate surface area is 160 Å². The van der Waals surface area contributed by atoms with E-state index in [1.807, 2.05) is 48.5 Å². The second kappa shape index (κ2) is 8.99. The summed E-state index contributed by atoms with van der Waals surface area (Å²) in [6.07, 6.45) is 6.18. The van der Waals surface area contributed by atoms with E-state index in [0.717, 1.165) is 11.1 Å². The molecule has 0 aliphatic carbocycles. The Morgan fingerprint density at radius 2 is 1.11 bits per heavy atom. The van der Waals surface area contributed by atoms with Crippen LogP contribution in [0.1, 0.15) is 25.0 Å². The van der Waals surface area contributed by atoms with Gasteiger partial charge < -0.3 is 9.47 Å². The van der Waals surface area contributed by atoms with Crippen LogP contribution >= 0.6 is 0 Å². The molecule has 2 aromatic carbocycles. The second-order valence-corrected chi connectivity index (χ2v) is 6.50. The Morgan fingerprint density at radius 3 is 1.48 bits per heavy atom. The molecule has 4 heteroatoms. The topological polar surface area (TPSA) is 52.6 Å². The third kappa shape index (κ3) is 4.94. The minimum absolute atomic E-state index is 0.275. The summed E-state index contributed by atoms with van der Waals surface area (Å²) in [6, 6.07) is 14.8. The molecule has 0 fully saturated rings. The van der Waals surface area contributed by atoms with Crippen molar-refractivity contribution in [3.8, 4) is 11.5 Å².